The van der Waals surface area contributed by atoms with Crippen molar-refractivity contribution in [3.8, 4) is 11.8 Å². The molecule has 3 aromatic rings. The predicted molar refractivity (Wildman–Crippen MR) is 91.8 cm³/mol. The van der Waals surface area contributed by atoms with Crippen molar-refractivity contribution in [3.63, 3.8) is 0 Å². The van der Waals surface area contributed by atoms with Gasteiger partial charge in [-0.1, -0.05) is 18.2 Å². The molecule has 26 heavy (non-hydrogen) atoms. The smallest absolute Gasteiger partial charge is 0.245 e. The molecule has 0 fully saturated rings. The second-order valence-electron chi connectivity index (χ2n) is 5.52. The molecular weight excluding hydrogens is 361 g/mol. The number of rotatable bonds is 4. The molecule has 132 valence electrons. The number of aromatic nitrogens is 3. The van der Waals surface area contributed by atoms with Gasteiger partial charge in [-0.2, -0.15) is 23.5 Å². The molecule has 2 heterocycles. The lowest BCUT2D eigenvalue weighted by atomic mass is 10.1. The summed E-state index contributed by atoms with van der Waals surface area (Å²) in [6, 6.07) is 12.0. The number of pyridine rings is 1. The van der Waals surface area contributed by atoms with E-state index >= 15 is 0 Å². The monoisotopic (exact) mass is 374 g/mol. The Balaban J connectivity index is 1.84. The zero-order valence-corrected chi connectivity index (χ0v) is 14.5. The highest BCUT2D eigenvalue weighted by atomic mass is 32.2. The first-order valence-corrected chi connectivity index (χ1v) is 8.58. The van der Waals surface area contributed by atoms with Crippen LogP contribution in [0.4, 0.5) is 13.2 Å². The van der Waals surface area contributed by atoms with E-state index in [4.69, 9.17) is 0 Å². The lowest BCUT2D eigenvalue weighted by Gasteiger charge is -2.12. The number of nitrogens with zero attached hydrogens (tertiary/aromatic N) is 4. The van der Waals surface area contributed by atoms with Crippen molar-refractivity contribution in [3.05, 3.63) is 71.2 Å². The van der Waals surface area contributed by atoms with Crippen LogP contribution in [0.25, 0.3) is 5.69 Å². The van der Waals surface area contributed by atoms with Crippen LogP contribution >= 0.6 is 11.8 Å². The highest BCUT2D eigenvalue weighted by Crippen LogP contribution is 2.36. The highest BCUT2D eigenvalue weighted by molar-refractivity contribution is 7.98. The van der Waals surface area contributed by atoms with Crippen molar-refractivity contribution in [2.45, 2.75) is 23.9 Å². The van der Waals surface area contributed by atoms with Gasteiger partial charge in [0.2, 0.25) is 0 Å². The van der Waals surface area contributed by atoms with Crippen molar-refractivity contribution in [2.75, 3.05) is 0 Å². The van der Waals surface area contributed by atoms with Crippen LogP contribution in [0.5, 0.6) is 0 Å². The molecule has 0 N–H and O–H groups in total. The minimum atomic E-state index is -4.59. The molecule has 0 unspecified atom stereocenters. The summed E-state index contributed by atoms with van der Waals surface area (Å²) in [5.41, 5.74) is 0.534. The van der Waals surface area contributed by atoms with Crippen LogP contribution in [-0.2, 0) is 11.9 Å². The van der Waals surface area contributed by atoms with Crippen LogP contribution < -0.4 is 0 Å². The van der Waals surface area contributed by atoms with E-state index in [1.165, 1.54) is 6.92 Å². The van der Waals surface area contributed by atoms with E-state index in [0.29, 0.717) is 5.75 Å². The van der Waals surface area contributed by atoms with Crippen LogP contribution in [0.1, 0.15) is 22.4 Å². The summed E-state index contributed by atoms with van der Waals surface area (Å²) < 4.78 is 41.1. The van der Waals surface area contributed by atoms with E-state index in [2.05, 4.69) is 10.1 Å². The average molecular weight is 374 g/mol. The number of thioether (sulfide) groups is 1. The van der Waals surface area contributed by atoms with E-state index in [-0.39, 0.29) is 10.7 Å². The third kappa shape index (κ3) is 3.89. The van der Waals surface area contributed by atoms with Gasteiger partial charge in [-0.3, -0.25) is 0 Å². The van der Waals surface area contributed by atoms with E-state index in [1.807, 2.05) is 30.3 Å². The topological polar surface area (TPSA) is 54.5 Å². The Bertz CT molecular complexity index is 959. The van der Waals surface area contributed by atoms with Gasteiger partial charge in [0.15, 0.2) is 0 Å². The number of nitriles is 1. The Kier molecular flexibility index (Phi) is 5.00. The predicted octanol–water partition coefficient (Wildman–Crippen LogP) is 4.76. The number of aryl methyl sites for hydroxylation is 1. The third-order valence-electron chi connectivity index (χ3n) is 3.56. The van der Waals surface area contributed by atoms with Crippen molar-refractivity contribution >= 4 is 11.8 Å². The molecule has 0 saturated heterocycles. The van der Waals surface area contributed by atoms with Gasteiger partial charge in [0.1, 0.15) is 11.1 Å². The molecule has 4 nitrogen and oxygen atoms in total. The first-order chi connectivity index (χ1) is 12.4. The Morgan fingerprint density at radius 3 is 2.62 bits per heavy atom. The standard InChI is InChI=1S/C18H13F3N4S/c1-12-7-16(18(19,20)21)15(8-22)17(24-12)26-11-13-9-23-25(10-13)14-5-3-2-4-6-14/h2-7,9-10H,11H2,1H3. The second-order valence-corrected chi connectivity index (χ2v) is 6.48. The maximum absolute atomic E-state index is 13.1. The van der Waals surface area contributed by atoms with Crippen molar-refractivity contribution < 1.29 is 13.2 Å². The molecule has 0 aliphatic heterocycles. The maximum Gasteiger partial charge on any atom is 0.417 e. The van der Waals surface area contributed by atoms with Gasteiger partial charge in [-0.15, -0.1) is 11.8 Å². The zero-order valence-electron chi connectivity index (χ0n) is 13.7. The summed E-state index contributed by atoms with van der Waals surface area (Å²) in [6.07, 6.45) is -1.15. The normalized spacial score (nSPS) is 11.3. The number of hydrogen-bond acceptors (Lipinski definition) is 4. The fourth-order valence-electron chi connectivity index (χ4n) is 2.39. The third-order valence-corrected chi connectivity index (χ3v) is 4.61. The Hall–Kier alpha value is -2.79. The quantitative estimate of drug-likeness (QED) is 0.618. The summed E-state index contributed by atoms with van der Waals surface area (Å²) in [6.45, 7) is 1.48. The highest BCUT2D eigenvalue weighted by Gasteiger charge is 2.35. The van der Waals surface area contributed by atoms with Crippen LogP contribution in [-0.4, -0.2) is 14.8 Å². The van der Waals surface area contributed by atoms with E-state index in [1.54, 1.807) is 23.1 Å². The van der Waals surface area contributed by atoms with Gasteiger partial charge in [-0.25, -0.2) is 9.67 Å². The largest absolute Gasteiger partial charge is 0.417 e. The summed E-state index contributed by atoms with van der Waals surface area (Å²) in [7, 11) is 0. The van der Waals surface area contributed by atoms with Gasteiger partial charge in [0.05, 0.1) is 23.0 Å². The van der Waals surface area contributed by atoms with Crippen molar-refractivity contribution in [1.82, 2.24) is 14.8 Å². The number of hydrogen-bond donors (Lipinski definition) is 0. The minimum Gasteiger partial charge on any atom is -0.245 e. The lowest BCUT2D eigenvalue weighted by molar-refractivity contribution is -0.138. The molecule has 8 heteroatoms. The number of halogens is 3. The van der Waals surface area contributed by atoms with Crippen molar-refractivity contribution in [2.24, 2.45) is 0 Å². The number of benzene rings is 1. The van der Waals surface area contributed by atoms with Crippen molar-refractivity contribution in [1.29, 1.82) is 5.26 Å². The van der Waals surface area contributed by atoms with Crippen LogP contribution in [0.3, 0.4) is 0 Å². The first-order valence-electron chi connectivity index (χ1n) is 7.59. The Labute approximate surface area is 152 Å². The Morgan fingerprint density at radius 2 is 1.96 bits per heavy atom. The van der Waals surface area contributed by atoms with Crippen LogP contribution in [0, 0.1) is 18.3 Å². The Morgan fingerprint density at radius 1 is 1.23 bits per heavy atom. The van der Waals surface area contributed by atoms with Gasteiger partial charge >= 0.3 is 6.18 Å². The fourth-order valence-corrected chi connectivity index (χ4v) is 3.35. The van der Waals surface area contributed by atoms with E-state index < -0.39 is 17.3 Å². The van der Waals surface area contributed by atoms with Gasteiger partial charge in [-0.05, 0) is 25.1 Å². The molecule has 0 aliphatic rings. The summed E-state index contributed by atoms with van der Waals surface area (Å²) in [5.74, 6) is 0.356. The molecule has 1 aromatic carbocycles. The molecule has 3 rings (SSSR count). The molecule has 0 aliphatic carbocycles. The molecule has 0 atom stereocenters. The molecule has 0 saturated carbocycles. The summed E-state index contributed by atoms with van der Waals surface area (Å²) >= 11 is 1.09. The zero-order chi connectivity index (χ0) is 18.7. The molecule has 0 bridgehead atoms. The molecule has 2 aromatic heterocycles. The fraction of sp³-hybridized carbons (Fsp3) is 0.167. The van der Waals surface area contributed by atoms with Crippen LogP contribution in [0.2, 0.25) is 0 Å². The number of alkyl halides is 3. The maximum atomic E-state index is 13.1. The minimum absolute atomic E-state index is 0.0762. The molecule has 0 radical (unpaired) electrons. The van der Waals surface area contributed by atoms with Gasteiger partial charge in [0, 0.05) is 23.2 Å². The molecule has 0 spiro atoms. The molecular formula is C18H13F3N4S. The molecule has 0 amide bonds. The second kappa shape index (κ2) is 7.22. The van der Waals surface area contributed by atoms with E-state index in [0.717, 1.165) is 29.1 Å². The first kappa shape index (κ1) is 18.0. The summed E-state index contributed by atoms with van der Waals surface area (Å²) in [4.78, 5) is 4.11. The van der Waals surface area contributed by atoms with E-state index in [9.17, 15) is 18.4 Å². The van der Waals surface area contributed by atoms with Gasteiger partial charge in [0.25, 0.3) is 0 Å². The van der Waals surface area contributed by atoms with Crippen LogP contribution in [0.15, 0.2) is 53.8 Å². The SMILES string of the molecule is Cc1cc(C(F)(F)F)c(C#N)c(SCc2cnn(-c3ccccc3)c2)n1. The summed E-state index contributed by atoms with van der Waals surface area (Å²) in [5, 5.41) is 13.5. The van der Waals surface area contributed by atoms with Gasteiger partial charge < -0.3 is 0 Å². The average Bonchev–Trinajstić information content (AvgIpc) is 3.08. The lowest BCUT2D eigenvalue weighted by Crippen LogP contribution is -2.10. The number of para-hydroxylation sites is 1.